The molecule has 36 heavy (non-hydrogen) atoms. The van der Waals surface area contributed by atoms with E-state index in [1.165, 1.54) is 27.8 Å². The number of rotatable bonds is 12. The van der Waals surface area contributed by atoms with Crippen molar-refractivity contribution in [2.24, 2.45) is 5.92 Å². The molecule has 0 spiro atoms. The minimum Gasteiger partial charge on any atom is -0.494 e. The molecule has 1 aliphatic heterocycles. The number of nitrogens with zero attached hydrogens (tertiary/aromatic N) is 1. The van der Waals surface area contributed by atoms with Crippen LogP contribution in [0.2, 0.25) is 5.02 Å². The molecule has 0 amide bonds. The highest BCUT2D eigenvalue weighted by molar-refractivity contribution is 6.30. The van der Waals surface area contributed by atoms with Crippen molar-refractivity contribution in [2.45, 2.75) is 52.0 Å². The first kappa shape index (κ1) is 26.2. The molecule has 0 saturated carbocycles. The second-order valence-electron chi connectivity index (χ2n) is 10.1. The summed E-state index contributed by atoms with van der Waals surface area (Å²) in [4.78, 5) is 13.1. The molecular weight excluding hydrogens is 470 g/mol. The molecular formula is C31H36ClNO3. The van der Waals surface area contributed by atoms with Gasteiger partial charge in [-0.3, -0.25) is 9.69 Å². The lowest BCUT2D eigenvalue weighted by molar-refractivity contribution is -0.147. The number of carboxylic acid groups (broad SMARTS) is 1. The van der Waals surface area contributed by atoms with Crippen LogP contribution >= 0.6 is 11.6 Å². The zero-order chi connectivity index (χ0) is 25.5. The Bertz CT molecular complexity index is 1150. The zero-order valence-corrected chi connectivity index (χ0v) is 22.0. The highest BCUT2D eigenvalue weighted by Crippen LogP contribution is 2.29. The first-order valence-electron chi connectivity index (χ1n) is 12.9. The van der Waals surface area contributed by atoms with E-state index in [2.05, 4.69) is 61.2 Å². The molecule has 190 valence electrons. The lowest BCUT2D eigenvalue weighted by Gasteiger charge is -2.36. The highest BCUT2D eigenvalue weighted by atomic mass is 35.5. The van der Waals surface area contributed by atoms with Gasteiger partial charge in [0.2, 0.25) is 0 Å². The highest BCUT2D eigenvalue weighted by Gasteiger charge is 2.32. The third-order valence-electron chi connectivity index (χ3n) is 7.23. The Labute approximate surface area is 219 Å². The van der Waals surface area contributed by atoms with Crippen LogP contribution in [-0.4, -0.2) is 35.7 Å². The van der Waals surface area contributed by atoms with Crippen molar-refractivity contribution in [1.29, 1.82) is 0 Å². The smallest absolute Gasteiger partial charge is 0.309 e. The van der Waals surface area contributed by atoms with Crippen molar-refractivity contribution >= 4 is 17.6 Å². The Balaban J connectivity index is 1.24. The number of halogens is 1. The summed E-state index contributed by atoms with van der Waals surface area (Å²) in [6.07, 6.45) is 4.17. The van der Waals surface area contributed by atoms with Crippen molar-refractivity contribution in [1.82, 2.24) is 4.90 Å². The normalized spacial score (nSPS) is 14.9. The fourth-order valence-corrected chi connectivity index (χ4v) is 5.05. The van der Waals surface area contributed by atoms with Gasteiger partial charge in [-0.2, -0.15) is 0 Å². The van der Waals surface area contributed by atoms with Gasteiger partial charge < -0.3 is 9.84 Å². The molecule has 0 radical (unpaired) electrons. The lowest BCUT2D eigenvalue weighted by Crippen LogP contribution is -2.49. The van der Waals surface area contributed by atoms with E-state index in [1.807, 2.05) is 24.3 Å². The van der Waals surface area contributed by atoms with Gasteiger partial charge in [0.15, 0.2) is 0 Å². The molecule has 1 N–H and O–H groups in total. The number of aryl methyl sites for hydroxylation is 2. The summed E-state index contributed by atoms with van der Waals surface area (Å²) in [5.74, 6) is 0.394. The molecule has 1 heterocycles. The molecule has 3 aromatic rings. The van der Waals surface area contributed by atoms with E-state index < -0.39 is 5.97 Å². The van der Waals surface area contributed by atoms with Gasteiger partial charge in [-0.25, -0.2) is 0 Å². The summed E-state index contributed by atoms with van der Waals surface area (Å²) in [6.45, 7) is 7.08. The van der Waals surface area contributed by atoms with Gasteiger partial charge in [0.1, 0.15) is 5.75 Å². The molecule has 5 heteroatoms. The fourth-order valence-electron chi connectivity index (χ4n) is 4.85. The summed E-state index contributed by atoms with van der Waals surface area (Å²) in [7, 11) is 0. The fraction of sp³-hybridized carbons (Fsp3) is 0.387. The molecule has 4 rings (SSSR count). The summed E-state index contributed by atoms with van der Waals surface area (Å²) < 4.78 is 6.00. The van der Waals surface area contributed by atoms with E-state index in [0.717, 1.165) is 43.0 Å². The van der Waals surface area contributed by atoms with Gasteiger partial charge in [-0.1, -0.05) is 54.1 Å². The maximum atomic E-state index is 11.0. The minimum absolute atomic E-state index is 0.216. The van der Waals surface area contributed by atoms with Gasteiger partial charge in [0, 0.05) is 24.7 Å². The molecule has 1 saturated heterocycles. The number of hydrogen-bond acceptors (Lipinski definition) is 3. The third kappa shape index (κ3) is 7.35. The zero-order valence-electron chi connectivity index (χ0n) is 21.3. The molecule has 1 atom stereocenters. The lowest BCUT2D eigenvalue weighted by atomic mass is 9.87. The molecule has 0 bridgehead atoms. The van der Waals surface area contributed by atoms with Gasteiger partial charge in [-0.05, 0) is 97.5 Å². The molecule has 0 aromatic heterocycles. The van der Waals surface area contributed by atoms with E-state index in [9.17, 15) is 4.79 Å². The van der Waals surface area contributed by atoms with Crippen LogP contribution in [0.15, 0.2) is 66.7 Å². The SMILES string of the molecule is Cc1ccc(CC(CCCCOc2ccc(CN3CC(C(=O)O)C3)cc2)c2cccc(Cl)c2)cc1C. The van der Waals surface area contributed by atoms with Crippen LogP contribution in [0.3, 0.4) is 0 Å². The number of hydrogen-bond donors (Lipinski definition) is 1. The Kier molecular flexibility index (Phi) is 9.06. The molecule has 1 aliphatic rings. The molecule has 3 aromatic carbocycles. The Morgan fingerprint density at radius 3 is 2.44 bits per heavy atom. The number of unbranched alkanes of at least 4 members (excludes halogenated alkanes) is 1. The topological polar surface area (TPSA) is 49.8 Å². The number of benzene rings is 3. The molecule has 1 fully saturated rings. The number of likely N-dealkylation sites (tertiary alicyclic amines) is 1. The predicted molar refractivity (Wildman–Crippen MR) is 146 cm³/mol. The van der Waals surface area contributed by atoms with Crippen LogP contribution in [0.25, 0.3) is 0 Å². The van der Waals surface area contributed by atoms with Crippen LogP contribution in [0, 0.1) is 19.8 Å². The predicted octanol–water partition coefficient (Wildman–Crippen LogP) is 7.05. The standard InChI is InChI=1S/C31H36ClNO3/c1-22-9-10-25(16-23(22)2)17-26(27-7-5-8-29(32)18-27)6-3-4-15-36-30-13-11-24(12-14-30)19-33-20-28(21-33)31(34)35/h5,7-14,16,18,26,28H,3-4,6,15,17,19-21H2,1-2H3,(H,34,35). The first-order valence-corrected chi connectivity index (χ1v) is 13.2. The average molecular weight is 506 g/mol. The van der Waals surface area contributed by atoms with E-state index in [4.69, 9.17) is 21.4 Å². The van der Waals surface area contributed by atoms with Crippen molar-refractivity contribution in [3.8, 4) is 5.75 Å². The van der Waals surface area contributed by atoms with E-state index in [-0.39, 0.29) is 5.92 Å². The maximum absolute atomic E-state index is 11.0. The Morgan fingerprint density at radius 1 is 1.00 bits per heavy atom. The van der Waals surface area contributed by atoms with E-state index in [0.29, 0.717) is 25.6 Å². The summed E-state index contributed by atoms with van der Waals surface area (Å²) in [6, 6.07) is 23.2. The summed E-state index contributed by atoms with van der Waals surface area (Å²) in [5, 5.41) is 9.80. The van der Waals surface area contributed by atoms with Crippen LogP contribution in [0.4, 0.5) is 0 Å². The number of aliphatic carboxylic acids is 1. The molecule has 4 nitrogen and oxygen atoms in total. The monoisotopic (exact) mass is 505 g/mol. The largest absolute Gasteiger partial charge is 0.494 e. The average Bonchev–Trinajstić information content (AvgIpc) is 2.83. The van der Waals surface area contributed by atoms with E-state index in [1.54, 1.807) is 0 Å². The second kappa shape index (κ2) is 12.4. The maximum Gasteiger partial charge on any atom is 0.309 e. The van der Waals surface area contributed by atoms with Crippen LogP contribution in [0.1, 0.15) is 53.0 Å². The van der Waals surface area contributed by atoms with Crippen LogP contribution < -0.4 is 4.74 Å². The van der Waals surface area contributed by atoms with Crippen molar-refractivity contribution in [3.63, 3.8) is 0 Å². The number of ether oxygens (including phenoxy) is 1. The van der Waals surface area contributed by atoms with Gasteiger partial charge in [0.25, 0.3) is 0 Å². The quantitative estimate of drug-likeness (QED) is 0.268. The van der Waals surface area contributed by atoms with Gasteiger partial charge in [-0.15, -0.1) is 0 Å². The Hall–Kier alpha value is -2.82. The second-order valence-corrected chi connectivity index (χ2v) is 10.5. The summed E-state index contributed by atoms with van der Waals surface area (Å²) in [5.41, 5.74) is 6.52. The number of carbonyl (C=O) groups is 1. The molecule has 0 aliphatic carbocycles. The van der Waals surface area contributed by atoms with Crippen molar-refractivity contribution < 1.29 is 14.6 Å². The van der Waals surface area contributed by atoms with Gasteiger partial charge >= 0.3 is 5.97 Å². The van der Waals surface area contributed by atoms with Crippen LogP contribution in [-0.2, 0) is 17.8 Å². The van der Waals surface area contributed by atoms with Crippen LogP contribution in [0.5, 0.6) is 5.75 Å². The molecule has 1 unspecified atom stereocenters. The third-order valence-corrected chi connectivity index (χ3v) is 7.46. The number of carboxylic acids is 1. The van der Waals surface area contributed by atoms with E-state index >= 15 is 0 Å². The Morgan fingerprint density at radius 2 is 1.75 bits per heavy atom. The van der Waals surface area contributed by atoms with Crippen molar-refractivity contribution in [3.05, 3.63) is 99.6 Å². The first-order chi connectivity index (χ1) is 17.4. The minimum atomic E-state index is -0.695. The summed E-state index contributed by atoms with van der Waals surface area (Å²) >= 11 is 6.31. The van der Waals surface area contributed by atoms with Crippen molar-refractivity contribution in [2.75, 3.05) is 19.7 Å². The van der Waals surface area contributed by atoms with Gasteiger partial charge in [0.05, 0.1) is 12.5 Å².